The van der Waals surface area contributed by atoms with Crippen LogP contribution >= 0.6 is 0 Å². The van der Waals surface area contributed by atoms with Crippen molar-refractivity contribution in [3.8, 4) is 0 Å². The molecule has 1 aliphatic heterocycles. The molecule has 1 aromatic rings. The maximum absolute atomic E-state index is 10.8. The summed E-state index contributed by atoms with van der Waals surface area (Å²) in [7, 11) is -2.98. The lowest BCUT2D eigenvalue weighted by Gasteiger charge is -1.80. The molecule has 0 saturated heterocycles. The molecule has 2 rings (SSSR count). The van der Waals surface area contributed by atoms with E-state index < -0.39 is 9.84 Å². The fourth-order valence-corrected chi connectivity index (χ4v) is 2.23. The van der Waals surface area contributed by atoms with Crippen LogP contribution in [0.1, 0.15) is 0 Å². The summed E-state index contributed by atoms with van der Waals surface area (Å²) in [5, 5.41) is 0. The molecular formula is C6H5NO2S. The number of nitrogen functional groups attached to an aromatic ring is 1. The van der Waals surface area contributed by atoms with Gasteiger partial charge in [0.15, 0.2) is 0 Å². The minimum Gasteiger partial charge on any atom is -0.399 e. The van der Waals surface area contributed by atoms with E-state index in [1.165, 1.54) is 12.1 Å². The van der Waals surface area contributed by atoms with Gasteiger partial charge in [-0.3, -0.25) is 0 Å². The smallest absolute Gasteiger partial charge is 0.209 e. The third kappa shape index (κ3) is 0.515. The van der Waals surface area contributed by atoms with Crippen molar-refractivity contribution in [3.63, 3.8) is 0 Å². The number of benzene rings is 1. The van der Waals surface area contributed by atoms with E-state index >= 15 is 0 Å². The first kappa shape index (κ1) is 5.73. The summed E-state index contributed by atoms with van der Waals surface area (Å²) in [5.41, 5.74) is 5.85. The molecule has 3 nitrogen and oxygen atoms in total. The number of hydrogen-bond acceptors (Lipinski definition) is 3. The number of rotatable bonds is 0. The van der Waals surface area contributed by atoms with Crippen molar-refractivity contribution in [1.82, 2.24) is 0 Å². The van der Waals surface area contributed by atoms with Gasteiger partial charge in [-0.05, 0) is 18.2 Å². The van der Waals surface area contributed by atoms with Gasteiger partial charge in [-0.2, -0.15) is 0 Å². The number of anilines is 1. The van der Waals surface area contributed by atoms with Gasteiger partial charge in [0.1, 0.15) is 0 Å². The van der Waals surface area contributed by atoms with Crippen LogP contribution in [0.15, 0.2) is 28.0 Å². The van der Waals surface area contributed by atoms with Gasteiger partial charge >= 0.3 is 0 Å². The molecule has 4 heteroatoms. The second kappa shape index (κ2) is 1.34. The lowest BCUT2D eigenvalue weighted by atomic mass is 10.3. The van der Waals surface area contributed by atoms with E-state index in [2.05, 4.69) is 0 Å². The summed E-state index contributed by atoms with van der Waals surface area (Å²) in [4.78, 5) is 0.800. The topological polar surface area (TPSA) is 60.2 Å². The molecule has 0 saturated carbocycles. The molecular weight excluding hydrogens is 150 g/mol. The van der Waals surface area contributed by atoms with Crippen molar-refractivity contribution in [3.05, 3.63) is 18.2 Å². The lowest BCUT2D eigenvalue weighted by molar-refractivity contribution is 0.612. The van der Waals surface area contributed by atoms with E-state index in [9.17, 15) is 8.42 Å². The van der Waals surface area contributed by atoms with Crippen LogP contribution in [0.25, 0.3) is 0 Å². The van der Waals surface area contributed by atoms with Gasteiger partial charge in [-0.25, -0.2) is 8.42 Å². The lowest BCUT2D eigenvalue weighted by Crippen LogP contribution is -1.79. The van der Waals surface area contributed by atoms with E-state index in [1.54, 1.807) is 6.07 Å². The van der Waals surface area contributed by atoms with Gasteiger partial charge in [0.2, 0.25) is 9.84 Å². The van der Waals surface area contributed by atoms with Gasteiger partial charge in [-0.15, -0.1) is 0 Å². The molecule has 0 bridgehead atoms. The van der Waals surface area contributed by atoms with E-state index in [-0.39, 0.29) is 0 Å². The van der Waals surface area contributed by atoms with Crippen molar-refractivity contribution >= 4 is 15.5 Å². The standard InChI is InChI=1S/C6H5NO2S/c7-4-1-2-5-6(3-4)10(5,8)9/h1-3H,7H2. The molecule has 1 heterocycles. The van der Waals surface area contributed by atoms with Crippen LogP contribution in [-0.2, 0) is 9.84 Å². The van der Waals surface area contributed by atoms with Gasteiger partial charge in [-0.1, -0.05) is 0 Å². The molecule has 0 fully saturated rings. The van der Waals surface area contributed by atoms with E-state index in [1.807, 2.05) is 0 Å². The highest BCUT2D eigenvalue weighted by Gasteiger charge is 2.38. The normalized spacial score (nSPS) is 18.0. The molecule has 0 unspecified atom stereocenters. The number of fused-ring (bicyclic) bond motifs is 1. The second-order valence-electron chi connectivity index (χ2n) is 2.21. The van der Waals surface area contributed by atoms with Crippen molar-refractivity contribution in [2.24, 2.45) is 0 Å². The Morgan fingerprint density at radius 2 is 1.90 bits per heavy atom. The van der Waals surface area contributed by atoms with Gasteiger partial charge in [0.25, 0.3) is 0 Å². The Balaban J connectivity index is 2.77. The average molecular weight is 155 g/mol. The van der Waals surface area contributed by atoms with Crippen LogP contribution in [0.5, 0.6) is 0 Å². The zero-order valence-corrected chi connectivity index (χ0v) is 5.85. The van der Waals surface area contributed by atoms with Crippen LogP contribution in [0.3, 0.4) is 0 Å². The number of nitrogens with two attached hydrogens (primary N) is 1. The maximum Gasteiger partial charge on any atom is 0.209 e. The minimum absolute atomic E-state index is 0.382. The van der Waals surface area contributed by atoms with Crippen molar-refractivity contribution < 1.29 is 8.42 Å². The molecule has 0 amide bonds. The average Bonchev–Trinajstić information content (AvgIpc) is 2.36. The Bertz CT molecular complexity index is 394. The third-order valence-electron chi connectivity index (χ3n) is 1.51. The molecule has 1 aromatic carbocycles. The quantitative estimate of drug-likeness (QED) is 0.443. The third-order valence-corrected chi connectivity index (χ3v) is 3.15. The highest BCUT2D eigenvalue weighted by Crippen LogP contribution is 2.40. The molecule has 52 valence electrons. The Labute approximate surface area is 58.4 Å². The Morgan fingerprint density at radius 3 is 2.40 bits per heavy atom. The van der Waals surface area contributed by atoms with Crippen LogP contribution in [0, 0.1) is 0 Å². The van der Waals surface area contributed by atoms with E-state index in [0.29, 0.717) is 15.5 Å². The largest absolute Gasteiger partial charge is 0.399 e. The molecule has 0 atom stereocenters. The monoisotopic (exact) mass is 155 g/mol. The summed E-state index contributed by atoms with van der Waals surface area (Å²) in [6.45, 7) is 0. The first-order valence-corrected chi connectivity index (χ1v) is 4.25. The van der Waals surface area contributed by atoms with Gasteiger partial charge in [0, 0.05) is 5.69 Å². The summed E-state index contributed by atoms with van der Waals surface area (Å²) in [6.07, 6.45) is 0. The van der Waals surface area contributed by atoms with Crippen LogP contribution in [-0.4, -0.2) is 8.42 Å². The fraction of sp³-hybridized carbons (Fsp3) is 0. The van der Waals surface area contributed by atoms with Crippen LogP contribution in [0.2, 0.25) is 0 Å². The molecule has 10 heavy (non-hydrogen) atoms. The Hall–Kier alpha value is -1.03. The number of sulfone groups is 1. The summed E-state index contributed by atoms with van der Waals surface area (Å²) in [6, 6.07) is 4.59. The molecule has 2 N–H and O–H groups in total. The zero-order valence-electron chi connectivity index (χ0n) is 5.03. The predicted molar refractivity (Wildman–Crippen MR) is 36.3 cm³/mol. The summed E-state index contributed by atoms with van der Waals surface area (Å²) < 4.78 is 21.7. The first-order chi connectivity index (χ1) is 4.62. The van der Waals surface area contributed by atoms with E-state index in [0.717, 1.165) is 0 Å². The molecule has 1 aliphatic rings. The summed E-state index contributed by atoms with van der Waals surface area (Å²) >= 11 is 0. The fourth-order valence-electron chi connectivity index (χ4n) is 0.915. The van der Waals surface area contributed by atoms with Gasteiger partial charge in [0.05, 0.1) is 9.79 Å². The van der Waals surface area contributed by atoms with Crippen LogP contribution < -0.4 is 5.73 Å². The minimum atomic E-state index is -2.98. The molecule has 0 radical (unpaired) electrons. The van der Waals surface area contributed by atoms with Crippen molar-refractivity contribution in [2.75, 3.05) is 5.73 Å². The van der Waals surface area contributed by atoms with Gasteiger partial charge < -0.3 is 5.73 Å². The summed E-state index contributed by atoms with van der Waals surface area (Å²) in [5.74, 6) is 0. The first-order valence-electron chi connectivity index (χ1n) is 2.77. The SMILES string of the molecule is Nc1ccc2c(c1)S2(=O)=O. The highest BCUT2D eigenvalue weighted by atomic mass is 32.2. The maximum atomic E-state index is 10.8. The zero-order chi connectivity index (χ0) is 7.35. The predicted octanol–water partition coefficient (Wildman–Crippen LogP) is 0.415. The Morgan fingerprint density at radius 1 is 1.20 bits per heavy atom. The second-order valence-corrected chi connectivity index (χ2v) is 4.10. The Kier molecular flexibility index (Phi) is 0.771. The van der Waals surface area contributed by atoms with Crippen LogP contribution in [0.4, 0.5) is 5.69 Å². The van der Waals surface area contributed by atoms with Crippen molar-refractivity contribution in [1.29, 1.82) is 0 Å². The number of hydrogen-bond donors (Lipinski definition) is 1. The van der Waals surface area contributed by atoms with E-state index in [4.69, 9.17) is 5.73 Å². The molecule has 0 aliphatic carbocycles. The highest BCUT2D eigenvalue weighted by molar-refractivity contribution is 7.97. The van der Waals surface area contributed by atoms with Crippen molar-refractivity contribution in [2.45, 2.75) is 9.79 Å². The molecule has 0 aromatic heterocycles. The molecule has 0 spiro atoms.